The molecule has 2 aromatic rings. The van der Waals surface area contributed by atoms with Crippen molar-refractivity contribution in [1.29, 1.82) is 0 Å². The van der Waals surface area contributed by atoms with Gasteiger partial charge in [-0.1, -0.05) is 36.8 Å². The van der Waals surface area contributed by atoms with Gasteiger partial charge in [-0.15, -0.1) is 0 Å². The number of anilines is 1. The Kier molecular flexibility index (Phi) is 7.63. The van der Waals surface area contributed by atoms with Crippen LogP contribution in [0, 0.1) is 18.8 Å². The number of carbonyl (C=O) groups excluding carboxylic acids is 1. The lowest BCUT2D eigenvalue weighted by molar-refractivity contribution is -0.126. The van der Waals surface area contributed by atoms with Crippen LogP contribution in [0.2, 0.25) is 0 Å². The number of rotatable bonds is 6. The third-order valence-corrected chi connectivity index (χ3v) is 9.19. The molecule has 2 unspecified atom stereocenters. The smallest absolute Gasteiger partial charge is 0.243 e. The van der Waals surface area contributed by atoms with Crippen molar-refractivity contribution in [2.75, 3.05) is 31.1 Å². The SMILES string of the molecule is Cc1ccc(S(=O)(=O)N2CCCC(C(=O)NC(C)c3ccc(N4CCC(C)CC4)cc3)C2)cc1. The van der Waals surface area contributed by atoms with Crippen molar-refractivity contribution >= 4 is 21.6 Å². The first-order valence-electron chi connectivity index (χ1n) is 12.5. The Bertz CT molecular complexity index is 1080. The second-order valence-electron chi connectivity index (χ2n) is 10.0. The lowest BCUT2D eigenvalue weighted by Crippen LogP contribution is -2.45. The highest BCUT2D eigenvalue weighted by Gasteiger charge is 2.33. The third kappa shape index (κ3) is 5.63. The van der Waals surface area contributed by atoms with Crippen LogP contribution in [0.25, 0.3) is 0 Å². The summed E-state index contributed by atoms with van der Waals surface area (Å²) < 4.78 is 27.6. The number of sulfonamides is 1. The highest BCUT2D eigenvalue weighted by atomic mass is 32.2. The normalized spacial score (nSPS) is 21.3. The zero-order valence-electron chi connectivity index (χ0n) is 20.5. The quantitative estimate of drug-likeness (QED) is 0.656. The van der Waals surface area contributed by atoms with Crippen LogP contribution in [0.15, 0.2) is 53.4 Å². The summed E-state index contributed by atoms with van der Waals surface area (Å²) >= 11 is 0. The zero-order chi connectivity index (χ0) is 24.3. The number of nitrogens with one attached hydrogen (secondary N) is 1. The summed E-state index contributed by atoms with van der Waals surface area (Å²) in [4.78, 5) is 15.8. The van der Waals surface area contributed by atoms with E-state index in [1.165, 1.54) is 22.8 Å². The summed E-state index contributed by atoms with van der Waals surface area (Å²) in [6, 6.07) is 15.2. The van der Waals surface area contributed by atoms with E-state index in [-0.39, 0.29) is 29.3 Å². The number of hydrogen-bond donors (Lipinski definition) is 1. The Morgan fingerprint density at radius 3 is 2.26 bits per heavy atom. The molecule has 0 radical (unpaired) electrons. The molecule has 2 atom stereocenters. The Labute approximate surface area is 204 Å². The molecule has 4 rings (SSSR count). The molecule has 0 spiro atoms. The molecule has 0 aromatic heterocycles. The maximum Gasteiger partial charge on any atom is 0.243 e. The second kappa shape index (κ2) is 10.5. The van der Waals surface area contributed by atoms with Crippen molar-refractivity contribution in [2.24, 2.45) is 11.8 Å². The average Bonchev–Trinajstić information content (AvgIpc) is 2.85. The molecule has 0 saturated carbocycles. The highest BCUT2D eigenvalue weighted by Crippen LogP contribution is 2.27. The minimum absolute atomic E-state index is 0.0783. The molecule has 1 amide bonds. The van der Waals surface area contributed by atoms with Crippen LogP contribution in [-0.4, -0.2) is 44.8 Å². The average molecular weight is 484 g/mol. The molecule has 2 aliphatic heterocycles. The van der Waals surface area contributed by atoms with Gasteiger partial charge in [-0.25, -0.2) is 8.42 Å². The van der Waals surface area contributed by atoms with E-state index in [1.807, 2.05) is 13.8 Å². The van der Waals surface area contributed by atoms with Gasteiger partial charge in [0.1, 0.15) is 0 Å². The maximum absolute atomic E-state index is 13.1. The van der Waals surface area contributed by atoms with Crippen LogP contribution in [-0.2, 0) is 14.8 Å². The summed E-state index contributed by atoms with van der Waals surface area (Å²) in [6.45, 7) is 9.09. The van der Waals surface area contributed by atoms with E-state index in [9.17, 15) is 13.2 Å². The molecule has 2 fully saturated rings. The maximum atomic E-state index is 13.1. The molecule has 2 aliphatic rings. The van der Waals surface area contributed by atoms with Gasteiger partial charge in [0.05, 0.1) is 16.9 Å². The van der Waals surface area contributed by atoms with Gasteiger partial charge in [0.2, 0.25) is 15.9 Å². The van der Waals surface area contributed by atoms with Gasteiger partial charge in [0.15, 0.2) is 0 Å². The predicted octanol–water partition coefficient (Wildman–Crippen LogP) is 4.51. The van der Waals surface area contributed by atoms with Crippen LogP contribution in [0.5, 0.6) is 0 Å². The molecular weight excluding hydrogens is 446 g/mol. The van der Waals surface area contributed by atoms with Crippen LogP contribution in [0.1, 0.15) is 56.7 Å². The molecular formula is C27H37N3O3S. The minimum Gasteiger partial charge on any atom is -0.372 e. The van der Waals surface area contributed by atoms with Crippen LogP contribution >= 0.6 is 0 Å². The summed E-state index contributed by atoms with van der Waals surface area (Å²) in [5.74, 6) is 0.379. The van der Waals surface area contributed by atoms with Crippen molar-refractivity contribution in [1.82, 2.24) is 9.62 Å². The molecule has 2 aromatic carbocycles. The Morgan fingerprint density at radius 1 is 0.971 bits per heavy atom. The van der Waals surface area contributed by atoms with E-state index in [0.29, 0.717) is 19.4 Å². The summed E-state index contributed by atoms with van der Waals surface area (Å²) in [5.41, 5.74) is 3.31. The lowest BCUT2D eigenvalue weighted by atomic mass is 9.97. The minimum atomic E-state index is -3.60. The number of aryl methyl sites for hydroxylation is 1. The molecule has 2 saturated heterocycles. The first-order valence-corrected chi connectivity index (χ1v) is 13.9. The zero-order valence-corrected chi connectivity index (χ0v) is 21.4. The summed E-state index contributed by atoms with van der Waals surface area (Å²) in [7, 11) is -3.60. The van der Waals surface area contributed by atoms with Crippen molar-refractivity contribution in [3.8, 4) is 0 Å². The predicted molar refractivity (Wildman–Crippen MR) is 136 cm³/mol. The fourth-order valence-electron chi connectivity index (χ4n) is 4.89. The number of carbonyl (C=O) groups is 1. The second-order valence-corrected chi connectivity index (χ2v) is 11.9. The monoisotopic (exact) mass is 483 g/mol. The van der Waals surface area contributed by atoms with Crippen LogP contribution in [0.4, 0.5) is 5.69 Å². The van der Waals surface area contributed by atoms with Gasteiger partial charge < -0.3 is 10.2 Å². The van der Waals surface area contributed by atoms with Crippen molar-refractivity contribution in [3.05, 3.63) is 59.7 Å². The van der Waals surface area contributed by atoms with Crippen LogP contribution < -0.4 is 10.2 Å². The molecule has 0 aliphatic carbocycles. The number of piperidine rings is 2. The van der Waals surface area contributed by atoms with Crippen molar-refractivity contribution in [2.45, 2.75) is 57.4 Å². The standard InChI is InChI=1S/C27H37N3O3S/c1-20-6-12-26(13-7-20)34(32,33)30-16-4-5-24(19-30)27(31)28-22(3)23-8-10-25(11-9-23)29-17-14-21(2)15-18-29/h6-13,21-22,24H,4-5,14-19H2,1-3H3,(H,28,31). The van der Waals surface area contributed by atoms with E-state index >= 15 is 0 Å². The van der Waals surface area contributed by atoms with Gasteiger partial charge in [0, 0.05) is 31.9 Å². The molecule has 7 heteroatoms. The van der Waals surface area contributed by atoms with Gasteiger partial charge in [-0.05, 0) is 75.3 Å². The Morgan fingerprint density at radius 2 is 1.62 bits per heavy atom. The molecule has 184 valence electrons. The Hall–Kier alpha value is -2.38. The topological polar surface area (TPSA) is 69.7 Å². The van der Waals surface area contributed by atoms with Gasteiger partial charge in [-0.2, -0.15) is 4.31 Å². The fourth-order valence-corrected chi connectivity index (χ4v) is 6.41. The number of benzene rings is 2. The van der Waals surface area contributed by atoms with E-state index in [0.717, 1.165) is 30.1 Å². The fraction of sp³-hybridized carbons (Fsp3) is 0.519. The highest BCUT2D eigenvalue weighted by molar-refractivity contribution is 7.89. The van der Waals surface area contributed by atoms with Crippen molar-refractivity contribution < 1.29 is 13.2 Å². The molecule has 1 N–H and O–H groups in total. The summed E-state index contributed by atoms with van der Waals surface area (Å²) in [6.07, 6.45) is 3.84. The van der Waals surface area contributed by atoms with Gasteiger partial charge in [0.25, 0.3) is 0 Å². The van der Waals surface area contributed by atoms with Crippen molar-refractivity contribution in [3.63, 3.8) is 0 Å². The van der Waals surface area contributed by atoms with Crippen LogP contribution in [0.3, 0.4) is 0 Å². The van der Waals surface area contributed by atoms with E-state index in [2.05, 4.69) is 41.4 Å². The van der Waals surface area contributed by atoms with E-state index < -0.39 is 10.0 Å². The first-order chi connectivity index (χ1) is 16.2. The van der Waals surface area contributed by atoms with Gasteiger partial charge in [-0.3, -0.25) is 4.79 Å². The first kappa shape index (κ1) is 24.7. The molecule has 2 heterocycles. The van der Waals surface area contributed by atoms with Gasteiger partial charge >= 0.3 is 0 Å². The third-order valence-electron chi connectivity index (χ3n) is 7.31. The molecule has 0 bridgehead atoms. The van der Waals surface area contributed by atoms with E-state index in [4.69, 9.17) is 0 Å². The Balaban J connectivity index is 1.36. The number of hydrogen-bond acceptors (Lipinski definition) is 4. The molecule has 34 heavy (non-hydrogen) atoms. The van der Waals surface area contributed by atoms with E-state index in [1.54, 1.807) is 24.3 Å². The summed E-state index contributed by atoms with van der Waals surface area (Å²) in [5, 5.41) is 3.12. The number of amides is 1. The molecule has 6 nitrogen and oxygen atoms in total. The largest absolute Gasteiger partial charge is 0.372 e. The lowest BCUT2D eigenvalue weighted by Gasteiger charge is -2.32. The number of nitrogens with zero attached hydrogens (tertiary/aromatic N) is 2.